The Morgan fingerprint density at radius 1 is 1.40 bits per heavy atom. The number of rotatable bonds is 5. The zero-order valence-corrected chi connectivity index (χ0v) is 11.6. The third kappa shape index (κ3) is 4.84. The van der Waals surface area contributed by atoms with Crippen molar-refractivity contribution >= 4 is 39.5 Å². The number of carbonyl (C=O) groups excluding carboxylic acids is 2. The highest BCUT2D eigenvalue weighted by atomic mass is 79.9. The second-order valence-corrected chi connectivity index (χ2v) is 4.70. The molecule has 9 heteroatoms. The molecule has 1 rings (SSSR count). The van der Waals surface area contributed by atoms with Gasteiger partial charge >= 0.3 is 12.0 Å². The lowest BCUT2D eigenvalue weighted by atomic mass is 10.2. The van der Waals surface area contributed by atoms with Gasteiger partial charge in [0.2, 0.25) is 5.91 Å². The molecule has 1 aromatic carbocycles. The fourth-order valence-electron chi connectivity index (χ4n) is 1.31. The number of anilines is 1. The highest BCUT2D eigenvalue weighted by molar-refractivity contribution is 9.10. The normalized spacial score (nSPS) is 11.5. The average Bonchev–Trinajstić information content (AvgIpc) is 2.32. The van der Waals surface area contributed by atoms with Crippen LogP contribution in [0.5, 0.6) is 0 Å². The van der Waals surface area contributed by atoms with E-state index in [0.717, 1.165) is 6.07 Å². The number of hydrogen-bond donors (Lipinski definition) is 4. The first-order valence-corrected chi connectivity index (χ1v) is 6.12. The number of benzene rings is 1. The molecule has 3 amide bonds. The quantitative estimate of drug-likeness (QED) is 0.635. The fourth-order valence-corrected chi connectivity index (χ4v) is 1.67. The molecule has 0 spiro atoms. The molecule has 1 atom stereocenters. The van der Waals surface area contributed by atoms with Gasteiger partial charge in [-0.2, -0.15) is 0 Å². The molecule has 0 heterocycles. The highest BCUT2D eigenvalue weighted by Gasteiger charge is 2.22. The second-order valence-electron chi connectivity index (χ2n) is 3.78. The lowest BCUT2D eigenvalue weighted by Crippen LogP contribution is -2.45. The van der Waals surface area contributed by atoms with E-state index in [1.807, 2.05) is 5.32 Å². The number of urea groups is 1. The number of carboxylic acids is 1. The van der Waals surface area contributed by atoms with E-state index in [9.17, 15) is 18.8 Å². The van der Waals surface area contributed by atoms with Crippen molar-refractivity contribution in [2.75, 3.05) is 5.32 Å². The summed E-state index contributed by atoms with van der Waals surface area (Å²) in [7, 11) is 0. The third-order valence-corrected chi connectivity index (χ3v) is 2.68. The van der Waals surface area contributed by atoms with Gasteiger partial charge in [-0.15, -0.1) is 0 Å². The molecule has 108 valence electrons. The van der Waals surface area contributed by atoms with Gasteiger partial charge in [0.1, 0.15) is 11.9 Å². The Morgan fingerprint density at radius 2 is 2.05 bits per heavy atom. The van der Waals surface area contributed by atoms with E-state index in [2.05, 4.69) is 21.2 Å². The summed E-state index contributed by atoms with van der Waals surface area (Å²) in [6.45, 7) is 0. The van der Waals surface area contributed by atoms with Crippen LogP contribution in [0.25, 0.3) is 0 Å². The summed E-state index contributed by atoms with van der Waals surface area (Å²) in [5, 5.41) is 13.0. The molecule has 0 saturated carbocycles. The first kappa shape index (κ1) is 15.9. The van der Waals surface area contributed by atoms with Gasteiger partial charge in [-0.3, -0.25) is 4.79 Å². The third-order valence-electron chi connectivity index (χ3n) is 2.19. The Labute approximate surface area is 121 Å². The molecule has 0 bridgehead atoms. The lowest BCUT2D eigenvalue weighted by Gasteiger charge is -2.14. The van der Waals surface area contributed by atoms with Crippen molar-refractivity contribution < 1.29 is 23.9 Å². The van der Waals surface area contributed by atoms with Gasteiger partial charge in [-0.1, -0.05) is 15.9 Å². The number of nitrogens with two attached hydrogens (primary N) is 1. The van der Waals surface area contributed by atoms with Gasteiger partial charge in [0.25, 0.3) is 0 Å². The van der Waals surface area contributed by atoms with Crippen molar-refractivity contribution in [1.29, 1.82) is 0 Å². The van der Waals surface area contributed by atoms with Crippen molar-refractivity contribution in [3.8, 4) is 0 Å². The minimum atomic E-state index is -1.48. The molecule has 0 aliphatic heterocycles. The SMILES string of the molecule is NC(=O)C[C@@H](NC(=O)Nc1cc(Br)ccc1F)C(=O)O. The molecular formula is C11H11BrFN3O4. The van der Waals surface area contributed by atoms with Crippen LogP contribution in [0.3, 0.4) is 0 Å². The van der Waals surface area contributed by atoms with Crippen LogP contribution in [0, 0.1) is 5.82 Å². The molecule has 0 fully saturated rings. The van der Waals surface area contributed by atoms with Crippen LogP contribution in [-0.4, -0.2) is 29.1 Å². The molecule has 0 radical (unpaired) electrons. The summed E-state index contributed by atoms with van der Waals surface area (Å²) >= 11 is 3.10. The molecule has 20 heavy (non-hydrogen) atoms. The Morgan fingerprint density at radius 3 is 2.60 bits per heavy atom. The van der Waals surface area contributed by atoms with Crippen LogP contribution in [0.4, 0.5) is 14.9 Å². The number of hydrogen-bond acceptors (Lipinski definition) is 3. The number of carboxylic acid groups (broad SMARTS) is 1. The van der Waals surface area contributed by atoms with Crippen LogP contribution < -0.4 is 16.4 Å². The van der Waals surface area contributed by atoms with Crippen LogP contribution in [0.2, 0.25) is 0 Å². The number of nitrogens with one attached hydrogen (secondary N) is 2. The van der Waals surface area contributed by atoms with Crippen molar-refractivity contribution in [3.05, 3.63) is 28.5 Å². The molecule has 0 aliphatic rings. The maximum absolute atomic E-state index is 13.4. The van der Waals surface area contributed by atoms with Crippen LogP contribution in [0.1, 0.15) is 6.42 Å². The average molecular weight is 348 g/mol. The Bertz CT molecular complexity index is 552. The minimum absolute atomic E-state index is 0.139. The van der Waals surface area contributed by atoms with Gasteiger partial charge in [0.15, 0.2) is 0 Å². The minimum Gasteiger partial charge on any atom is -0.480 e. The van der Waals surface area contributed by atoms with E-state index in [4.69, 9.17) is 10.8 Å². The Hall–Kier alpha value is -2.16. The standard InChI is InChI=1S/C11H11BrFN3O4/c12-5-1-2-6(13)7(3-5)15-11(20)16-8(10(18)19)4-9(14)17/h1-3,8H,4H2,(H2,14,17)(H,18,19)(H2,15,16,20)/t8-/m1/s1. The summed E-state index contributed by atoms with van der Waals surface area (Å²) in [5.74, 6) is -3.00. The number of primary amides is 1. The molecule has 0 aliphatic carbocycles. The largest absolute Gasteiger partial charge is 0.480 e. The van der Waals surface area contributed by atoms with Crippen LogP contribution in [-0.2, 0) is 9.59 Å². The summed E-state index contributed by atoms with van der Waals surface area (Å²) < 4.78 is 13.9. The van der Waals surface area contributed by atoms with Crippen molar-refractivity contribution in [3.63, 3.8) is 0 Å². The first-order valence-electron chi connectivity index (χ1n) is 5.33. The topological polar surface area (TPSA) is 122 Å². The monoisotopic (exact) mass is 347 g/mol. The first-order chi connectivity index (χ1) is 9.29. The number of carbonyl (C=O) groups is 3. The Kier molecular flexibility index (Phi) is 5.44. The molecule has 0 saturated heterocycles. The van der Waals surface area contributed by atoms with Gasteiger partial charge < -0.3 is 21.5 Å². The van der Waals surface area contributed by atoms with E-state index in [1.54, 1.807) is 0 Å². The predicted octanol–water partition coefficient (Wildman–Crippen LogP) is 1.04. The Balaban J connectivity index is 2.72. The van der Waals surface area contributed by atoms with Gasteiger partial charge in [-0.25, -0.2) is 14.0 Å². The number of amides is 3. The maximum atomic E-state index is 13.4. The second kappa shape index (κ2) is 6.85. The summed E-state index contributed by atoms with van der Waals surface area (Å²) in [4.78, 5) is 33.0. The van der Waals surface area contributed by atoms with Crippen LogP contribution >= 0.6 is 15.9 Å². The van der Waals surface area contributed by atoms with E-state index in [1.165, 1.54) is 12.1 Å². The van der Waals surface area contributed by atoms with Crippen molar-refractivity contribution in [2.45, 2.75) is 12.5 Å². The summed E-state index contributed by atoms with van der Waals surface area (Å²) in [5.41, 5.74) is 4.72. The summed E-state index contributed by atoms with van der Waals surface area (Å²) in [6, 6.07) is 1.42. The molecule has 0 aromatic heterocycles. The predicted molar refractivity (Wildman–Crippen MR) is 71.5 cm³/mol. The zero-order chi connectivity index (χ0) is 15.3. The summed E-state index contributed by atoms with van der Waals surface area (Å²) in [6.07, 6.45) is -0.566. The van der Waals surface area contributed by atoms with Gasteiger partial charge in [-0.05, 0) is 18.2 Å². The van der Waals surface area contributed by atoms with Crippen molar-refractivity contribution in [1.82, 2.24) is 5.32 Å². The van der Waals surface area contributed by atoms with E-state index in [0.29, 0.717) is 4.47 Å². The molecule has 0 unspecified atom stereocenters. The van der Waals surface area contributed by atoms with E-state index < -0.39 is 36.2 Å². The van der Waals surface area contributed by atoms with Crippen molar-refractivity contribution in [2.24, 2.45) is 5.73 Å². The van der Waals surface area contributed by atoms with Gasteiger partial charge in [0.05, 0.1) is 12.1 Å². The number of halogens is 2. The molecule has 5 N–H and O–H groups in total. The zero-order valence-electron chi connectivity index (χ0n) is 10.0. The molecule has 1 aromatic rings. The fraction of sp³-hybridized carbons (Fsp3) is 0.182. The smallest absolute Gasteiger partial charge is 0.326 e. The maximum Gasteiger partial charge on any atom is 0.326 e. The van der Waals surface area contributed by atoms with Gasteiger partial charge in [0, 0.05) is 4.47 Å². The number of aliphatic carboxylic acids is 1. The lowest BCUT2D eigenvalue weighted by molar-refractivity contribution is -0.140. The van der Waals surface area contributed by atoms with E-state index >= 15 is 0 Å². The van der Waals surface area contributed by atoms with E-state index in [-0.39, 0.29) is 5.69 Å². The van der Waals surface area contributed by atoms with Crippen LogP contribution in [0.15, 0.2) is 22.7 Å². The molecule has 7 nitrogen and oxygen atoms in total. The highest BCUT2D eigenvalue weighted by Crippen LogP contribution is 2.19. The molecular weight excluding hydrogens is 337 g/mol.